The highest BCUT2D eigenvalue weighted by Crippen LogP contribution is 2.31. The van der Waals surface area contributed by atoms with Crippen LogP contribution in [0.2, 0.25) is 5.02 Å². The van der Waals surface area contributed by atoms with Gasteiger partial charge >= 0.3 is 0 Å². The Bertz CT molecular complexity index is 979. The number of amides is 1. The molecule has 0 saturated carbocycles. The molecule has 0 aliphatic heterocycles. The monoisotopic (exact) mass is 440 g/mol. The predicted molar refractivity (Wildman–Crippen MR) is 115 cm³/mol. The predicted octanol–water partition coefficient (Wildman–Crippen LogP) is 4.00. The number of hydrogen-bond donors (Lipinski definition) is 2. The third-order valence-electron chi connectivity index (χ3n) is 3.94. The molecule has 29 heavy (non-hydrogen) atoms. The van der Waals surface area contributed by atoms with Crippen molar-refractivity contribution >= 4 is 33.2 Å². The van der Waals surface area contributed by atoms with E-state index in [1.807, 2.05) is 39.0 Å². The van der Waals surface area contributed by atoms with Crippen molar-refractivity contribution in [2.45, 2.75) is 26.8 Å². The molecule has 1 atom stereocenters. The van der Waals surface area contributed by atoms with Crippen molar-refractivity contribution in [2.75, 3.05) is 24.2 Å². The number of rotatable bonds is 9. The molecule has 9 heteroatoms. The van der Waals surface area contributed by atoms with Crippen molar-refractivity contribution in [1.82, 2.24) is 5.32 Å². The van der Waals surface area contributed by atoms with Crippen molar-refractivity contribution in [3.05, 3.63) is 52.5 Å². The topological polar surface area (TPSA) is 93.7 Å². The summed E-state index contributed by atoms with van der Waals surface area (Å²) in [6, 6.07) is 9.59. The standard InChI is InChI=1S/C20H25ClN2O5S/c1-5-27-18-10-8-14(12-19(18)28-6-2)13(3)22-20(24)15-7-9-17(16(21)11-15)23-29(4,25)26/h7-13,23H,5-6H2,1-4H3,(H,22,24)/t13-/m1/s1. The summed E-state index contributed by atoms with van der Waals surface area (Å²) in [5.41, 5.74) is 1.38. The average Bonchev–Trinajstić information content (AvgIpc) is 2.64. The minimum atomic E-state index is -3.46. The quantitative estimate of drug-likeness (QED) is 0.614. The molecule has 0 unspecified atom stereocenters. The van der Waals surface area contributed by atoms with Gasteiger partial charge in [-0.15, -0.1) is 0 Å². The lowest BCUT2D eigenvalue weighted by Crippen LogP contribution is -2.26. The van der Waals surface area contributed by atoms with E-state index in [0.717, 1.165) is 11.8 Å². The Morgan fingerprint density at radius 1 is 1.07 bits per heavy atom. The molecule has 7 nitrogen and oxygen atoms in total. The Morgan fingerprint density at radius 2 is 1.72 bits per heavy atom. The van der Waals surface area contributed by atoms with E-state index in [1.165, 1.54) is 18.2 Å². The molecule has 0 bridgehead atoms. The highest BCUT2D eigenvalue weighted by atomic mass is 35.5. The number of hydrogen-bond acceptors (Lipinski definition) is 5. The first-order valence-electron chi connectivity index (χ1n) is 9.12. The average molecular weight is 441 g/mol. The van der Waals surface area contributed by atoms with Gasteiger partial charge in [0.15, 0.2) is 11.5 Å². The largest absolute Gasteiger partial charge is 0.490 e. The molecule has 2 rings (SSSR count). The second kappa shape index (κ2) is 9.84. The molecule has 0 aliphatic carbocycles. The molecule has 0 radical (unpaired) electrons. The van der Waals surface area contributed by atoms with Crippen LogP contribution in [-0.4, -0.2) is 33.8 Å². The van der Waals surface area contributed by atoms with Crippen LogP contribution in [0.1, 0.15) is 42.7 Å². The maximum Gasteiger partial charge on any atom is 0.251 e. The summed E-state index contributed by atoms with van der Waals surface area (Å²) in [6.07, 6.45) is 1.03. The van der Waals surface area contributed by atoms with Crippen molar-refractivity contribution < 1.29 is 22.7 Å². The molecule has 0 fully saturated rings. The van der Waals surface area contributed by atoms with Crippen LogP contribution in [-0.2, 0) is 10.0 Å². The molecular weight excluding hydrogens is 416 g/mol. The normalized spacial score (nSPS) is 12.2. The summed E-state index contributed by atoms with van der Waals surface area (Å²) in [7, 11) is -3.46. The van der Waals surface area contributed by atoms with Gasteiger partial charge in [0, 0.05) is 5.56 Å². The van der Waals surface area contributed by atoms with E-state index in [9.17, 15) is 13.2 Å². The molecule has 0 saturated heterocycles. The molecule has 0 heterocycles. The zero-order valence-corrected chi connectivity index (χ0v) is 18.4. The van der Waals surface area contributed by atoms with Crippen LogP contribution >= 0.6 is 11.6 Å². The summed E-state index contributed by atoms with van der Waals surface area (Å²) < 4.78 is 36.2. The Balaban J connectivity index is 2.16. The Kier molecular flexibility index (Phi) is 7.75. The third kappa shape index (κ3) is 6.54. The van der Waals surface area contributed by atoms with Crippen LogP contribution in [0.5, 0.6) is 11.5 Å². The van der Waals surface area contributed by atoms with Gasteiger partial charge in [-0.2, -0.15) is 0 Å². The molecule has 0 aliphatic rings. The van der Waals surface area contributed by atoms with E-state index in [4.69, 9.17) is 21.1 Å². The maximum atomic E-state index is 12.6. The number of benzene rings is 2. The molecule has 158 valence electrons. The van der Waals surface area contributed by atoms with Gasteiger partial charge in [0.1, 0.15) is 0 Å². The van der Waals surface area contributed by atoms with Crippen molar-refractivity contribution in [3.8, 4) is 11.5 Å². The van der Waals surface area contributed by atoms with Crippen LogP contribution in [0.4, 0.5) is 5.69 Å². The van der Waals surface area contributed by atoms with Gasteiger partial charge in [-0.05, 0) is 56.7 Å². The van der Waals surface area contributed by atoms with Gasteiger partial charge < -0.3 is 14.8 Å². The lowest BCUT2D eigenvalue weighted by molar-refractivity contribution is 0.0940. The molecule has 2 aromatic carbocycles. The lowest BCUT2D eigenvalue weighted by Gasteiger charge is -2.18. The minimum absolute atomic E-state index is 0.135. The van der Waals surface area contributed by atoms with Gasteiger partial charge in [0.25, 0.3) is 5.91 Å². The second-order valence-electron chi connectivity index (χ2n) is 6.34. The summed E-state index contributed by atoms with van der Waals surface area (Å²) >= 11 is 6.10. The Hall–Kier alpha value is -2.45. The first-order valence-corrected chi connectivity index (χ1v) is 11.4. The van der Waals surface area contributed by atoms with Crippen LogP contribution in [0, 0.1) is 0 Å². The van der Waals surface area contributed by atoms with Gasteiger partial charge in [0.2, 0.25) is 10.0 Å². The lowest BCUT2D eigenvalue weighted by atomic mass is 10.1. The SMILES string of the molecule is CCOc1ccc([C@@H](C)NC(=O)c2ccc(NS(C)(=O)=O)c(Cl)c2)cc1OCC. The molecular formula is C20H25ClN2O5S. The number of halogens is 1. The van der Waals surface area contributed by atoms with Gasteiger partial charge in [-0.1, -0.05) is 17.7 Å². The molecule has 1 amide bonds. The van der Waals surface area contributed by atoms with Crippen molar-refractivity contribution in [3.63, 3.8) is 0 Å². The fourth-order valence-corrected chi connectivity index (χ4v) is 3.50. The van der Waals surface area contributed by atoms with Gasteiger partial charge in [-0.3, -0.25) is 9.52 Å². The van der Waals surface area contributed by atoms with E-state index in [2.05, 4.69) is 10.0 Å². The van der Waals surface area contributed by atoms with E-state index in [0.29, 0.717) is 30.3 Å². The van der Waals surface area contributed by atoms with Crippen LogP contribution in [0.15, 0.2) is 36.4 Å². The van der Waals surface area contributed by atoms with E-state index in [1.54, 1.807) is 0 Å². The minimum Gasteiger partial charge on any atom is -0.490 e. The molecule has 0 aromatic heterocycles. The summed E-state index contributed by atoms with van der Waals surface area (Å²) in [4.78, 5) is 12.6. The number of nitrogens with one attached hydrogen (secondary N) is 2. The van der Waals surface area contributed by atoms with Crippen molar-refractivity contribution in [1.29, 1.82) is 0 Å². The van der Waals surface area contributed by atoms with Gasteiger partial charge in [0.05, 0.1) is 36.2 Å². The third-order valence-corrected chi connectivity index (χ3v) is 4.85. The van der Waals surface area contributed by atoms with Crippen LogP contribution in [0.3, 0.4) is 0 Å². The van der Waals surface area contributed by atoms with E-state index >= 15 is 0 Å². The summed E-state index contributed by atoms with van der Waals surface area (Å²) in [5.74, 6) is 0.932. The second-order valence-corrected chi connectivity index (χ2v) is 8.49. The van der Waals surface area contributed by atoms with Crippen LogP contribution < -0.4 is 19.5 Å². The van der Waals surface area contributed by atoms with Crippen molar-refractivity contribution in [2.24, 2.45) is 0 Å². The number of ether oxygens (including phenoxy) is 2. The van der Waals surface area contributed by atoms with Gasteiger partial charge in [-0.25, -0.2) is 8.42 Å². The Labute approximate surface area is 176 Å². The number of anilines is 1. The molecule has 2 aromatic rings. The van der Waals surface area contributed by atoms with Crippen LogP contribution in [0.25, 0.3) is 0 Å². The van der Waals surface area contributed by atoms with E-state index in [-0.39, 0.29) is 22.7 Å². The Morgan fingerprint density at radius 3 is 2.31 bits per heavy atom. The number of carbonyl (C=O) groups excluding carboxylic acids is 1. The smallest absolute Gasteiger partial charge is 0.251 e. The number of sulfonamides is 1. The molecule has 2 N–H and O–H groups in total. The first kappa shape index (κ1) is 22.8. The fraction of sp³-hybridized carbons (Fsp3) is 0.350. The highest BCUT2D eigenvalue weighted by molar-refractivity contribution is 7.92. The maximum absolute atomic E-state index is 12.6. The summed E-state index contributed by atoms with van der Waals surface area (Å²) in [5, 5.41) is 3.03. The first-order chi connectivity index (χ1) is 13.6. The number of carbonyl (C=O) groups is 1. The fourth-order valence-electron chi connectivity index (χ4n) is 2.64. The summed E-state index contributed by atoms with van der Waals surface area (Å²) in [6.45, 7) is 6.66. The zero-order chi connectivity index (χ0) is 21.6. The highest BCUT2D eigenvalue weighted by Gasteiger charge is 2.16. The molecule has 0 spiro atoms. The zero-order valence-electron chi connectivity index (χ0n) is 16.8. The van der Waals surface area contributed by atoms with E-state index < -0.39 is 10.0 Å².